The SMILES string of the molecule is C[C@H](N)C(=O)N(CCc1cccc(F)c1)C1CCCC1. The van der Waals surface area contributed by atoms with E-state index in [1.807, 2.05) is 11.0 Å². The number of carbonyl (C=O) groups is 1. The third-order valence-electron chi connectivity index (χ3n) is 3.97. The monoisotopic (exact) mass is 278 g/mol. The fourth-order valence-corrected chi connectivity index (χ4v) is 2.89. The van der Waals surface area contributed by atoms with Gasteiger partial charge in [-0.2, -0.15) is 0 Å². The van der Waals surface area contributed by atoms with E-state index in [4.69, 9.17) is 5.73 Å². The fraction of sp³-hybridized carbons (Fsp3) is 0.562. The third-order valence-corrected chi connectivity index (χ3v) is 3.97. The van der Waals surface area contributed by atoms with Crippen molar-refractivity contribution >= 4 is 5.91 Å². The Kier molecular flexibility index (Phi) is 5.12. The number of carbonyl (C=O) groups excluding carboxylic acids is 1. The lowest BCUT2D eigenvalue weighted by molar-refractivity contribution is -0.134. The van der Waals surface area contributed by atoms with Gasteiger partial charge in [0.05, 0.1) is 6.04 Å². The van der Waals surface area contributed by atoms with Crippen molar-refractivity contribution in [3.8, 4) is 0 Å². The van der Waals surface area contributed by atoms with Crippen molar-refractivity contribution in [2.75, 3.05) is 6.54 Å². The Labute approximate surface area is 120 Å². The molecular formula is C16H23FN2O. The quantitative estimate of drug-likeness (QED) is 0.899. The van der Waals surface area contributed by atoms with Crippen LogP contribution >= 0.6 is 0 Å². The molecule has 0 unspecified atom stereocenters. The molecule has 3 nitrogen and oxygen atoms in total. The smallest absolute Gasteiger partial charge is 0.239 e. The molecule has 1 aromatic rings. The molecule has 1 saturated carbocycles. The number of hydrogen-bond donors (Lipinski definition) is 1. The van der Waals surface area contributed by atoms with Crippen molar-refractivity contribution in [2.45, 2.75) is 51.1 Å². The zero-order valence-corrected chi connectivity index (χ0v) is 12.0. The first-order valence-corrected chi connectivity index (χ1v) is 7.38. The molecule has 0 bridgehead atoms. The van der Waals surface area contributed by atoms with E-state index in [0.717, 1.165) is 18.4 Å². The Morgan fingerprint density at radius 1 is 1.45 bits per heavy atom. The lowest BCUT2D eigenvalue weighted by Crippen LogP contribution is -2.47. The van der Waals surface area contributed by atoms with E-state index < -0.39 is 6.04 Å². The van der Waals surface area contributed by atoms with Gasteiger partial charge in [-0.3, -0.25) is 4.79 Å². The lowest BCUT2D eigenvalue weighted by Gasteiger charge is -2.30. The average Bonchev–Trinajstić information content (AvgIpc) is 2.92. The van der Waals surface area contributed by atoms with Gasteiger partial charge in [-0.15, -0.1) is 0 Å². The summed E-state index contributed by atoms with van der Waals surface area (Å²) >= 11 is 0. The summed E-state index contributed by atoms with van der Waals surface area (Å²) in [5, 5.41) is 0. The maximum atomic E-state index is 13.2. The van der Waals surface area contributed by atoms with Crippen molar-refractivity contribution in [3.05, 3.63) is 35.6 Å². The summed E-state index contributed by atoms with van der Waals surface area (Å²) in [6.07, 6.45) is 5.14. The molecule has 2 N–H and O–H groups in total. The van der Waals surface area contributed by atoms with Crippen molar-refractivity contribution in [2.24, 2.45) is 5.73 Å². The second kappa shape index (κ2) is 6.84. The molecule has 4 heteroatoms. The molecule has 0 aromatic heterocycles. The van der Waals surface area contributed by atoms with Crippen molar-refractivity contribution in [3.63, 3.8) is 0 Å². The van der Waals surface area contributed by atoms with Crippen LogP contribution in [0.2, 0.25) is 0 Å². The molecule has 1 atom stereocenters. The molecule has 0 spiro atoms. The Bertz CT molecular complexity index is 456. The van der Waals surface area contributed by atoms with Gasteiger partial charge in [0.1, 0.15) is 5.82 Å². The molecule has 1 fully saturated rings. The highest BCUT2D eigenvalue weighted by atomic mass is 19.1. The van der Waals surface area contributed by atoms with E-state index in [1.54, 1.807) is 13.0 Å². The van der Waals surface area contributed by atoms with E-state index in [-0.39, 0.29) is 11.7 Å². The van der Waals surface area contributed by atoms with Crippen LogP contribution in [-0.4, -0.2) is 29.4 Å². The number of hydrogen-bond acceptors (Lipinski definition) is 2. The third kappa shape index (κ3) is 3.79. The first kappa shape index (κ1) is 15.0. The van der Waals surface area contributed by atoms with E-state index in [1.165, 1.54) is 25.0 Å². The highest BCUT2D eigenvalue weighted by Gasteiger charge is 2.27. The summed E-state index contributed by atoms with van der Waals surface area (Å²) in [6, 6.07) is 6.41. The van der Waals surface area contributed by atoms with Crippen LogP contribution < -0.4 is 5.73 Å². The van der Waals surface area contributed by atoms with Crippen LogP contribution in [0.3, 0.4) is 0 Å². The highest BCUT2D eigenvalue weighted by molar-refractivity contribution is 5.81. The molecule has 2 rings (SSSR count). The van der Waals surface area contributed by atoms with Crippen LogP contribution in [0.4, 0.5) is 4.39 Å². The van der Waals surface area contributed by atoms with E-state index >= 15 is 0 Å². The Hall–Kier alpha value is -1.42. The van der Waals surface area contributed by atoms with Gasteiger partial charge < -0.3 is 10.6 Å². The Morgan fingerprint density at radius 3 is 2.75 bits per heavy atom. The number of halogens is 1. The highest BCUT2D eigenvalue weighted by Crippen LogP contribution is 2.24. The molecule has 1 aliphatic carbocycles. The van der Waals surface area contributed by atoms with Gasteiger partial charge in [-0.1, -0.05) is 25.0 Å². The largest absolute Gasteiger partial charge is 0.338 e. The Morgan fingerprint density at radius 2 is 2.15 bits per heavy atom. The number of amides is 1. The maximum absolute atomic E-state index is 13.2. The molecule has 1 aromatic carbocycles. The summed E-state index contributed by atoms with van der Waals surface area (Å²) in [4.78, 5) is 14.2. The topological polar surface area (TPSA) is 46.3 Å². The predicted octanol–water partition coefficient (Wildman–Crippen LogP) is 2.49. The molecule has 1 aliphatic rings. The minimum absolute atomic E-state index is 0.00769. The Balaban J connectivity index is 2.02. The van der Waals surface area contributed by atoms with Crippen LogP contribution in [0.5, 0.6) is 0 Å². The summed E-state index contributed by atoms with van der Waals surface area (Å²) in [5.41, 5.74) is 6.67. The first-order chi connectivity index (χ1) is 9.58. The second-order valence-corrected chi connectivity index (χ2v) is 5.64. The normalized spacial score (nSPS) is 17.1. The molecule has 0 aliphatic heterocycles. The number of benzene rings is 1. The maximum Gasteiger partial charge on any atom is 0.239 e. The lowest BCUT2D eigenvalue weighted by atomic mass is 10.1. The summed E-state index contributed by atoms with van der Waals surface area (Å²) < 4.78 is 13.2. The molecular weight excluding hydrogens is 255 g/mol. The van der Waals surface area contributed by atoms with Crippen LogP contribution in [0.15, 0.2) is 24.3 Å². The molecule has 0 saturated heterocycles. The van der Waals surface area contributed by atoms with Crippen molar-refractivity contribution < 1.29 is 9.18 Å². The second-order valence-electron chi connectivity index (χ2n) is 5.64. The van der Waals surface area contributed by atoms with Gasteiger partial charge in [0.15, 0.2) is 0 Å². The van der Waals surface area contributed by atoms with Crippen molar-refractivity contribution in [1.82, 2.24) is 4.90 Å². The van der Waals surface area contributed by atoms with Gasteiger partial charge in [-0.25, -0.2) is 4.39 Å². The van der Waals surface area contributed by atoms with E-state index in [9.17, 15) is 9.18 Å². The molecule has 0 radical (unpaired) electrons. The van der Waals surface area contributed by atoms with Gasteiger partial charge in [0, 0.05) is 12.6 Å². The van der Waals surface area contributed by atoms with Crippen molar-refractivity contribution in [1.29, 1.82) is 0 Å². The molecule has 1 amide bonds. The zero-order valence-electron chi connectivity index (χ0n) is 12.0. The number of nitrogens with zero attached hydrogens (tertiary/aromatic N) is 1. The van der Waals surface area contributed by atoms with Crippen LogP contribution in [0.1, 0.15) is 38.2 Å². The van der Waals surface area contributed by atoms with Gasteiger partial charge >= 0.3 is 0 Å². The fourth-order valence-electron chi connectivity index (χ4n) is 2.89. The average molecular weight is 278 g/mol. The first-order valence-electron chi connectivity index (χ1n) is 7.38. The zero-order chi connectivity index (χ0) is 14.5. The predicted molar refractivity (Wildman–Crippen MR) is 77.7 cm³/mol. The number of rotatable bonds is 5. The summed E-state index contributed by atoms with van der Waals surface area (Å²) in [7, 11) is 0. The molecule has 0 heterocycles. The van der Waals surface area contributed by atoms with Gasteiger partial charge in [-0.05, 0) is 43.9 Å². The van der Waals surface area contributed by atoms with Crippen LogP contribution in [0.25, 0.3) is 0 Å². The van der Waals surface area contributed by atoms with Crippen LogP contribution in [0, 0.1) is 5.82 Å². The minimum atomic E-state index is -0.469. The van der Waals surface area contributed by atoms with Gasteiger partial charge in [0.25, 0.3) is 0 Å². The van der Waals surface area contributed by atoms with Gasteiger partial charge in [0.2, 0.25) is 5.91 Å². The summed E-state index contributed by atoms with van der Waals surface area (Å²) in [5.74, 6) is -0.221. The molecule has 110 valence electrons. The van der Waals surface area contributed by atoms with Crippen LogP contribution in [-0.2, 0) is 11.2 Å². The van der Waals surface area contributed by atoms with E-state index in [2.05, 4.69) is 0 Å². The summed E-state index contributed by atoms with van der Waals surface area (Å²) in [6.45, 7) is 2.35. The number of nitrogens with two attached hydrogens (primary N) is 1. The minimum Gasteiger partial charge on any atom is -0.338 e. The standard InChI is InChI=1S/C16H23FN2O/c1-12(18)16(20)19(15-7-2-3-8-15)10-9-13-5-4-6-14(17)11-13/h4-6,11-12,15H,2-3,7-10,18H2,1H3/t12-/m0/s1. The van der Waals surface area contributed by atoms with E-state index in [0.29, 0.717) is 19.0 Å². The molecule has 20 heavy (non-hydrogen) atoms.